The molecule has 6 heteroatoms. The minimum absolute atomic E-state index is 0.567. The van der Waals surface area contributed by atoms with Gasteiger partial charge < -0.3 is 8.98 Å². The van der Waals surface area contributed by atoms with Crippen LogP contribution < -0.4 is 0 Å². The van der Waals surface area contributed by atoms with Crippen LogP contribution in [0.3, 0.4) is 0 Å². The lowest BCUT2D eigenvalue weighted by molar-refractivity contribution is 0.666. The molecule has 12 rings (SSSR count). The summed E-state index contributed by atoms with van der Waals surface area (Å²) in [4.78, 5) is 15.5. The Bertz CT molecular complexity index is 3470. The molecular formula is C51H30N4OS. The van der Waals surface area contributed by atoms with Crippen molar-refractivity contribution in [3.63, 3.8) is 0 Å². The van der Waals surface area contributed by atoms with Crippen molar-refractivity contribution >= 4 is 75.3 Å². The lowest BCUT2D eigenvalue weighted by Crippen LogP contribution is -2.04. The van der Waals surface area contributed by atoms with Crippen molar-refractivity contribution in [2.75, 3.05) is 0 Å². The quantitative estimate of drug-likeness (QED) is 0.176. The second-order valence-corrected chi connectivity index (χ2v) is 15.4. The Morgan fingerprint density at radius 3 is 1.81 bits per heavy atom. The van der Waals surface area contributed by atoms with E-state index in [9.17, 15) is 0 Å². The van der Waals surface area contributed by atoms with Crippen LogP contribution in [0.5, 0.6) is 0 Å². The molecule has 0 N–H and O–H groups in total. The van der Waals surface area contributed by atoms with Crippen LogP contribution in [0.1, 0.15) is 0 Å². The summed E-state index contributed by atoms with van der Waals surface area (Å²) in [7, 11) is 0. The topological polar surface area (TPSA) is 56.7 Å². The van der Waals surface area contributed by atoms with Crippen LogP contribution >= 0.6 is 11.3 Å². The normalized spacial score (nSPS) is 11.9. The number of nitrogens with zero attached hydrogens (tertiary/aromatic N) is 4. The zero-order valence-corrected chi connectivity index (χ0v) is 31.2. The number of hydrogen-bond acceptors (Lipinski definition) is 5. The van der Waals surface area contributed by atoms with E-state index in [1.54, 1.807) is 0 Å². The largest absolute Gasteiger partial charge is 0.454 e. The van der Waals surface area contributed by atoms with Gasteiger partial charge in [-0.1, -0.05) is 146 Å². The molecule has 0 aliphatic rings. The molecule has 0 aliphatic carbocycles. The first-order valence-electron chi connectivity index (χ1n) is 19.0. The van der Waals surface area contributed by atoms with Crippen molar-refractivity contribution < 1.29 is 4.42 Å². The summed E-state index contributed by atoms with van der Waals surface area (Å²) in [6.45, 7) is 0. The minimum atomic E-state index is 0.567. The Balaban J connectivity index is 1.19. The van der Waals surface area contributed by atoms with Gasteiger partial charge >= 0.3 is 0 Å². The number of hydrogen-bond donors (Lipinski definition) is 0. The average molecular weight is 747 g/mol. The van der Waals surface area contributed by atoms with Gasteiger partial charge in [0, 0.05) is 58.4 Å². The number of thiophene rings is 1. The lowest BCUT2D eigenvalue weighted by Gasteiger charge is -2.15. The smallest absolute Gasteiger partial charge is 0.166 e. The van der Waals surface area contributed by atoms with Crippen LogP contribution in [0.4, 0.5) is 0 Å². The highest BCUT2D eigenvalue weighted by atomic mass is 32.1. The molecule has 0 fully saturated rings. The molecule has 0 amide bonds. The molecule has 0 radical (unpaired) electrons. The standard InChI is InChI=1S/C51H30N4OS/c1-3-14-31(15-4-1)49-52-50(32-16-5-2-6-17-32)54-51(53-49)41-29-28-39-37-19-8-11-24-44(37)56-47(39)46(41)55-42-23-10-7-18-35(42)36-27-26-33(30-43(36)55)34-21-13-22-40-38-20-9-12-25-45(38)57-48(34)40/h1-30H. The Kier molecular flexibility index (Phi) is 7.03. The third-order valence-corrected chi connectivity index (χ3v) is 12.3. The van der Waals surface area contributed by atoms with Crippen LogP contribution in [0.15, 0.2) is 186 Å². The molecule has 4 heterocycles. The predicted octanol–water partition coefficient (Wildman–Crippen LogP) is 13.9. The molecule has 5 nitrogen and oxygen atoms in total. The summed E-state index contributed by atoms with van der Waals surface area (Å²) >= 11 is 1.85. The van der Waals surface area contributed by atoms with Gasteiger partial charge in [-0.25, -0.2) is 15.0 Å². The van der Waals surface area contributed by atoms with E-state index in [1.165, 1.54) is 25.7 Å². The molecule has 0 saturated carbocycles. The second kappa shape index (κ2) is 12.6. The predicted molar refractivity (Wildman–Crippen MR) is 236 cm³/mol. The Hall–Kier alpha value is -7.41. The fourth-order valence-corrected chi connectivity index (χ4v) is 9.70. The molecule has 4 aromatic heterocycles. The summed E-state index contributed by atoms with van der Waals surface area (Å²) in [6, 6.07) is 63.7. The molecule has 0 saturated heterocycles. The van der Waals surface area contributed by atoms with Crippen molar-refractivity contribution in [2.45, 2.75) is 0 Å². The minimum Gasteiger partial charge on any atom is -0.454 e. The van der Waals surface area contributed by atoms with Gasteiger partial charge in [-0.05, 0) is 47.5 Å². The zero-order chi connectivity index (χ0) is 37.5. The molecule has 0 spiro atoms. The van der Waals surface area contributed by atoms with E-state index in [-0.39, 0.29) is 0 Å². The molecule has 0 unspecified atom stereocenters. The average Bonchev–Trinajstić information content (AvgIpc) is 3.96. The summed E-state index contributed by atoms with van der Waals surface area (Å²) in [5, 5.41) is 6.97. The summed E-state index contributed by atoms with van der Waals surface area (Å²) < 4.78 is 11.9. The molecule has 8 aromatic carbocycles. The molecular weight excluding hydrogens is 717 g/mol. The van der Waals surface area contributed by atoms with Crippen LogP contribution in [0, 0.1) is 0 Å². The third kappa shape index (κ3) is 4.98. The number of furan rings is 1. The summed E-state index contributed by atoms with van der Waals surface area (Å²) in [5.74, 6) is 1.78. The van der Waals surface area contributed by atoms with Gasteiger partial charge in [-0.2, -0.15) is 0 Å². The number of fused-ring (bicyclic) bond motifs is 9. The Labute approximate surface area is 330 Å². The number of benzene rings is 8. The van der Waals surface area contributed by atoms with E-state index in [2.05, 4.69) is 114 Å². The molecule has 266 valence electrons. The monoisotopic (exact) mass is 746 g/mol. The molecule has 0 atom stereocenters. The summed E-state index contributed by atoms with van der Waals surface area (Å²) in [6.07, 6.45) is 0. The SMILES string of the molecule is c1ccc(-c2nc(-c3ccccc3)nc(-c3ccc4c(oc5ccccc54)c3-n3c4ccccc4c4ccc(-c5cccc6c5sc5ccccc56)cc43)n2)cc1. The van der Waals surface area contributed by atoms with Crippen molar-refractivity contribution in [3.8, 4) is 51.0 Å². The van der Waals surface area contributed by atoms with Crippen molar-refractivity contribution in [3.05, 3.63) is 182 Å². The molecule has 12 aromatic rings. The van der Waals surface area contributed by atoms with Crippen molar-refractivity contribution in [1.29, 1.82) is 0 Å². The first-order valence-corrected chi connectivity index (χ1v) is 19.8. The van der Waals surface area contributed by atoms with E-state index in [0.29, 0.717) is 17.5 Å². The molecule has 57 heavy (non-hydrogen) atoms. The highest BCUT2D eigenvalue weighted by Crippen LogP contribution is 2.45. The Morgan fingerprint density at radius 2 is 1.02 bits per heavy atom. The van der Waals surface area contributed by atoms with Gasteiger partial charge in [0.25, 0.3) is 0 Å². The van der Waals surface area contributed by atoms with E-state index >= 15 is 0 Å². The fraction of sp³-hybridized carbons (Fsp3) is 0. The molecule has 0 aliphatic heterocycles. The van der Waals surface area contributed by atoms with Crippen molar-refractivity contribution in [2.24, 2.45) is 0 Å². The zero-order valence-electron chi connectivity index (χ0n) is 30.4. The number of para-hydroxylation sites is 2. The maximum absolute atomic E-state index is 6.91. The highest BCUT2D eigenvalue weighted by molar-refractivity contribution is 7.26. The summed E-state index contributed by atoms with van der Waals surface area (Å²) in [5.41, 5.74) is 9.68. The van der Waals surface area contributed by atoms with Crippen LogP contribution in [0.25, 0.3) is 115 Å². The van der Waals surface area contributed by atoms with Gasteiger partial charge in [-0.15, -0.1) is 11.3 Å². The molecule has 0 bridgehead atoms. The van der Waals surface area contributed by atoms with Crippen molar-refractivity contribution in [1.82, 2.24) is 19.5 Å². The first kappa shape index (κ1) is 31.9. The second-order valence-electron chi connectivity index (χ2n) is 14.3. The Morgan fingerprint density at radius 1 is 0.404 bits per heavy atom. The van der Waals surface area contributed by atoms with Gasteiger partial charge in [0.05, 0.1) is 11.0 Å². The van der Waals surface area contributed by atoms with E-state index in [1.807, 2.05) is 84.1 Å². The van der Waals surface area contributed by atoms with Gasteiger partial charge in [0.15, 0.2) is 23.1 Å². The lowest BCUT2D eigenvalue weighted by atomic mass is 10.0. The van der Waals surface area contributed by atoms with Gasteiger partial charge in [0.1, 0.15) is 11.3 Å². The van der Waals surface area contributed by atoms with Crippen LogP contribution in [-0.4, -0.2) is 19.5 Å². The van der Waals surface area contributed by atoms with Gasteiger partial charge in [-0.3, -0.25) is 0 Å². The van der Waals surface area contributed by atoms with E-state index < -0.39 is 0 Å². The third-order valence-electron chi connectivity index (χ3n) is 11.1. The van der Waals surface area contributed by atoms with E-state index in [0.717, 1.165) is 71.7 Å². The van der Waals surface area contributed by atoms with Crippen LogP contribution in [0.2, 0.25) is 0 Å². The van der Waals surface area contributed by atoms with E-state index in [4.69, 9.17) is 19.4 Å². The number of rotatable bonds is 5. The number of aromatic nitrogens is 4. The highest BCUT2D eigenvalue weighted by Gasteiger charge is 2.25. The van der Waals surface area contributed by atoms with Crippen LogP contribution in [-0.2, 0) is 0 Å². The fourth-order valence-electron chi connectivity index (χ4n) is 8.46. The van der Waals surface area contributed by atoms with Gasteiger partial charge in [0.2, 0.25) is 0 Å². The maximum Gasteiger partial charge on any atom is 0.166 e. The first-order chi connectivity index (χ1) is 28.3. The maximum atomic E-state index is 6.91.